The van der Waals surface area contributed by atoms with Gasteiger partial charge in [-0.2, -0.15) is 9.41 Å². The summed E-state index contributed by atoms with van der Waals surface area (Å²) in [6.07, 6.45) is 1.49. The number of nitrogens with zero attached hydrogens (tertiary/aromatic N) is 2. The van der Waals surface area contributed by atoms with Gasteiger partial charge in [0, 0.05) is 11.0 Å². The van der Waals surface area contributed by atoms with E-state index in [0.29, 0.717) is 0 Å². The fraction of sp³-hybridized carbons (Fsp3) is 0.167. The lowest BCUT2D eigenvalue weighted by Gasteiger charge is -2.23. The lowest BCUT2D eigenvalue weighted by atomic mass is 10.2. The van der Waals surface area contributed by atoms with Crippen LogP contribution < -0.4 is 10.2 Å². The highest BCUT2D eigenvalue weighted by Gasteiger charge is 2.30. The zero-order chi connectivity index (χ0) is 23.8. The van der Waals surface area contributed by atoms with E-state index in [9.17, 15) is 13.2 Å². The fourth-order valence-corrected chi connectivity index (χ4v) is 4.95. The molecule has 0 heterocycles. The largest absolute Gasteiger partial charge is 0.495 e. The quantitative estimate of drug-likeness (QED) is 0.333. The minimum atomic E-state index is -4.05. The molecule has 172 valence electrons. The number of nitrogens with one attached hydrogen (secondary N) is 1. The Labute approximate surface area is 202 Å². The van der Waals surface area contributed by atoms with E-state index in [-0.39, 0.29) is 17.2 Å². The molecule has 0 saturated carbocycles. The van der Waals surface area contributed by atoms with Gasteiger partial charge in [0.1, 0.15) is 10.6 Å². The Hall–Kier alpha value is -3.01. The molecule has 7 nitrogen and oxygen atoms in total. The summed E-state index contributed by atoms with van der Waals surface area (Å²) in [7, 11) is -2.64. The number of carbonyl (C=O) groups is 1. The number of sulfonamides is 1. The SMILES string of the molecule is COc1ccc(C)cc1S(=O)(=O)N(CC(=O)N/N=C/c1ccc(Br)cc1)Cc1ccccc1. The third-order valence-corrected chi connectivity index (χ3v) is 7.07. The summed E-state index contributed by atoms with van der Waals surface area (Å²) in [6.45, 7) is 1.40. The fourth-order valence-electron chi connectivity index (χ4n) is 3.06. The normalized spacial score (nSPS) is 11.6. The Bertz CT molecular complexity index is 1230. The summed E-state index contributed by atoms with van der Waals surface area (Å²) in [6, 6.07) is 21.4. The molecule has 3 aromatic carbocycles. The molecule has 0 aliphatic carbocycles. The van der Waals surface area contributed by atoms with Crippen LogP contribution >= 0.6 is 15.9 Å². The molecule has 33 heavy (non-hydrogen) atoms. The maximum Gasteiger partial charge on any atom is 0.255 e. The average molecular weight is 530 g/mol. The number of amides is 1. The number of hydrogen-bond acceptors (Lipinski definition) is 5. The van der Waals surface area contributed by atoms with Crippen LogP contribution in [0, 0.1) is 6.92 Å². The number of rotatable bonds is 9. The summed E-state index contributed by atoms with van der Waals surface area (Å²) in [5.41, 5.74) is 4.71. The number of hydrazone groups is 1. The highest BCUT2D eigenvalue weighted by atomic mass is 79.9. The number of benzene rings is 3. The monoisotopic (exact) mass is 529 g/mol. The number of hydrogen-bond donors (Lipinski definition) is 1. The molecule has 9 heteroatoms. The molecule has 0 atom stereocenters. The van der Waals surface area contributed by atoms with Gasteiger partial charge >= 0.3 is 0 Å². The lowest BCUT2D eigenvalue weighted by Crippen LogP contribution is -2.39. The molecule has 1 N–H and O–H groups in total. The van der Waals surface area contributed by atoms with Crippen LogP contribution in [0.1, 0.15) is 16.7 Å². The molecule has 0 aromatic heterocycles. The first-order valence-corrected chi connectivity index (χ1v) is 12.3. The Kier molecular flexibility index (Phi) is 8.37. The number of carbonyl (C=O) groups excluding carboxylic acids is 1. The van der Waals surface area contributed by atoms with Crippen molar-refractivity contribution in [3.05, 3.63) is 94.0 Å². The van der Waals surface area contributed by atoms with Crippen LogP contribution in [0.4, 0.5) is 0 Å². The molecule has 0 aliphatic heterocycles. The van der Waals surface area contributed by atoms with E-state index < -0.39 is 22.5 Å². The maximum atomic E-state index is 13.6. The van der Waals surface area contributed by atoms with Crippen molar-refractivity contribution in [1.82, 2.24) is 9.73 Å². The lowest BCUT2D eigenvalue weighted by molar-refractivity contribution is -0.121. The summed E-state index contributed by atoms with van der Waals surface area (Å²) in [4.78, 5) is 12.6. The number of aryl methyl sites for hydroxylation is 1. The highest BCUT2D eigenvalue weighted by molar-refractivity contribution is 9.10. The van der Waals surface area contributed by atoms with Crippen LogP contribution in [0.25, 0.3) is 0 Å². The predicted molar refractivity (Wildman–Crippen MR) is 132 cm³/mol. The smallest absolute Gasteiger partial charge is 0.255 e. The van der Waals surface area contributed by atoms with Crippen molar-refractivity contribution in [2.24, 2.45) is 5.10 Å². The molecule has 1 amide bonds. The van der Waals surface area contributed by atoms with Gasteiger partial charge in [-0.05, 0) is 47.9 Å². The molecule has 0 bridgehead atoms. The molecule has 0 unspecified atom stereocenters. The average Bonchev–Trinajstić information content (AvgIpc) is 2.80. The van der Waals surface area contributed by atoms with Crippen molar-refractivity contribution < 1.29 is 17.9 Å². The summed E-state index contributed by atoms with van der Waals surface area (Å²) in [5.74, 6) is -0.346. The molecule has 3 rings (SSSR count). The van der Waals surface area contributed by atoms with Crippen LogP contribution in [0.3, 0.4) is 0 Å². The van der Waals surface area contributed by atoms with Gasteiger partial charge in [0.2, 0.25) is 10.0 Å². The van der Waals surface area contributed by atoms with E-state index in [2.05, 4.69) is 26.5 Å². The molecule has 0 saturated heterocycles. The van der Waals surface area contributed by atoms with Crippen molar-refractivity contribution in [3.63, 3.8) is 0 Å². The van der Waals surface area contributed by atoms with Crippen molar-refractivity contribution in [2.45, 2.75) is 18.4 Å². The number of methoxy groups -OCH3 is 1. The van der Waals surface area contributed by atoms with Crippen molar-refractivity contribution in [3.8, 4) is 5.75 Å². The highest BCUT2D eigenvalue weighted by Crippen LogP contribution is 2.28. The van der Waals surface area contributed by atoms with Gasteiger partial charge in [0.05, 0.1) is 19.9 Å². The number of ether oxygens (including phenoxy) is 1. The second kappa shape index (κ2) is 11.2. The van der Waals surface area contributed by atoms with Crippen LogP contribution in [0.15, 0.2) is 87.3 Å². The molecular weight excluding hydrogens is 506 g/mol. The Balaban J connectivity index is 1.84. The van der Waals surface area contributed by atoms with Crippen LogP contribution in [-0.4, -0.2) is 38.5 Å². The van der Waals surface area contributed by atoms with E-state index in [1.165, 1.54) is 19.4 Å². The van der Waals surface area contributed by atoms with Gasteiger partial charge in [-0.25, -0.2) is 13.8 Å². The molecule has 0 aliphatic rings. The van der Waals surface area contributed by atoms with Crippen LogP contribution in [0.5, 0.6) is 5.75 Å². The number of halogens is 1. The Morgan fingerprint density at radius 1 is 1.09 bits per heavy atom. The van der Waals surface area contributed by atoms with Crippen LogP contribution in [0.2, 0.25) is 0 Å². The van der Waals surface area contributed by atoms with Gasteiger partial charge in [0.15, 0.2) is 0 Å². The van der Waals surface area contributed by atoms with E-state index in [4.69, 9.17) is 4.74 Å². The zero-order valence-corrected chi connectivity index (χ0v) is 20.6. The first-order valence-electron chi connectivity index (χ1n) is 10.1. The van der Waals surface area contributed by atoms with E-state index in [1.807, 2.05) is 42.5 Å². The summed E-state index contributed by atoms with van der Waals surface area (Å²) in [5, 5.41) is 3.95. The van der Waals surface area contributed by atoms with E-state index in [0.717, 1.165) is 25.5 Å². The van der Waals surface area contributed by atoms with Crippen molar-refractivity contribution >= 4 is 38.1 Å². The van der Waals surface area contributed by atoms with E-state index >= 15 is 0 Å². The van der Waals surface area contributed by atoms with Crippen molar-refractivity contribution in [2.75, 3.05) is 13.7 Å². The summed E-state index contributed by atoms with van der Waals surface area (Å²) >= 11 is 3.36. The second-order valence-electron chi connectivity index (χ2n) is 7.26. The van der Waals surface area contributed by atoms with Gasteiger partial charge in [-0.3, -0.25) is 4.79 Å². The van der Waals surface area contributed by atoms with Gasteiger partial charge in [0.25, 0.3) is 5.91 Å². The molecule has 0 radical (unpaired) electrons. The molecule has 0 spiro atoms. The minimum Gasteiger partial charge on any atom is -0.495 e. The van der Waals surface area contributed by atoms with E-state index in [1.54, 1.807) is 31.2 Å². The maximum absolute atomic E-state index is 13.6. The van der Waals surface area contributed by atoms with Gasteiger partial charge < -0.3 is 4.74 Å². The van der Waals surface area contributed by atoms with Crippen molar-refractivity contribution in [1.29, 1.82) is 0 Å². The molecular formula is C24H24BrN3O4S. The topological polar surface area (TPSA) is 88.1 Å². The third-order valence-electron chi connectivity index (χ3n) is 4.73. The predicted octanol–water partition coefficient (Wildman–Crippen LogP) is 4.11. The minimum absolute atomic E-state index is 0.00657. The molecule has 3 aromatic rings. The first kappa shape index (κ1) is 24.6. The Morgan fingerprint density at radius 2 is 1.79 bits per heavy atom. The zero-order valence-electron chi connectivity index (χ0n) is 18.2. The van der Waals surface area contributed by atoms with Gasteiger partial charge in [-0.15, -0.1) is 0 Å². The van der Waals surface area contributed by atoms with Crippen LogP contribution in [-0.2, 0) is 21.4 Å². The summed E-state index contributed by atoms with van der Waals surface area (Å²) < 4.78 is 34.4. The third kappa shape index (κ3) is 6.74. The Morgan fingerprint density at radius 3 is 2.45 bits per heavy atom. The second-order valence-corrected chi connectivity index (χ2v) is 10.1. The van der Waals surface area contributed by atoms with Gasteiger partial charge in [-0.1, -0.05) is 64.5 Å². The molecule has 0 fully saturated rings. The standard InChI is InChI=1S/C24H24BrN3O4S/c1-18-8-13-22(32-2)23(14-18)33(30,31)28(16-20-6-4-3-5-7-20)17-24(29)27-26-15-19-9-11-21(25)12-10-19/h3-15H,16-17H2,1-2H3,(H,27,29)/b26-15+. The first-order chi connectivity index (χ1) is 15.8.